The third kappa shape index (κ3) is 5.65. The minimum atomic E-state index is -2.93. The van der Waals surface area contributed by atoms with E-state index in [9.17, 15) is 17.6 Å². The van der Waals surface area contributed by atoms with Gasteiger partial charge in [0.05, 0.1) is 11.5 Å². The summed E-state index contributed by atoms with van der Waals surface area (Å²) in [6, 6.07) is 6.45. The molecule has 2 amide bonds. The molecule has 8 heteroatoms. The molecule has 0 saturated carbocycles. The minimum Gasteiger partial charge on any atom is -0.334 e. The van der Waals surface area contributed by atoms with Crippen molar-refractivity contribution in [1.82, 2.24) is 15.1 Å². The molecule has 2 aliphatic heterocycles. The molecule has 150 valence electrons. The number of nitrogens with one attached hydrogen (secondary N) is 1. The molecule has 1 atom stereocenters. The molecule has 0 radical (unpaired) electrons. The molecule has 1 aromatic carbocycles. The topological polar surface area (TPSA) is 69.7 Å². The molecule has 2 fully saturated rings. The van der Waals surface area contributed by atoms with Gasteiger partial charge < -0.3 is 10.2 Å². The molecule has 6 nitrogen and oxygen atoms in total. The maximum absolute atomic E-state index is 13.0. The van der Waals surface area contributed by atoms with E-state index in [4.69, 9.17) is 0 Å². The molecule has 0 aromatic heterocycles. The summed E-state index contributed by atoms with van der Waals surface area (Å²) in [6.45, 7) is 2.46. The Kier molecular flexibility index (Phi) is 6.37. The first kappa shape index (κ1) is 20.1. The lowest BCUT2D eigenvalue weighted by atomic mass is 10.0. The van der Waals surface area contributed by atoms with Crippen LogP contribution in [-0.2, 0) is 16.4 Å². The first-order chi connectivity index (χ1) is 12.8. The van der Waals surface area contributed by atoms with Gasteiger partial charge in [0.2, 0.25) is 0 Å². The lowest BCUT2D eigenvalue weighted by Crippen LogP contribution is -2.53. The molecule has 2 saturated heterocycles. The SMILES string of the molecule is CN(C(=O)N[C@@H]1CCCN(Cc2ccc(F)cc2)C1)C1CCS(=O)(=O)CC1. The Labute approximate surface area is 160 Å². The first-order valence-electron chi connectivity index (χ1n) is 9.53. The number of amides is 2. The fourth-order valence-corrected chi connectivity index (χ4v) is 5.34. The zero-order valence-corrected chi connectivity index (χ0v) is 16.5. The van der Waals surface area contributed by atoms with Crippen molar-refractivity contribution in [2.45, 2.75) is 44.3 Å². The van der Waals surface area contributed by atoms with Crippen molar-refractivity contribution in [3.8, 4) is 0 Å². The van der Waals surface area contributed by atoms with Gasteiger partial charge in [-0.2, -0.15) is 0 Å². The van der Waals surface area contributed by atoms with Crippen LogP contribution in [0.1, 0.15) is 31.2 Å². The van der Waals surface area contributed by atoms with E-state index in [-0.39, 0.29) is 35.4 Å². The highest BCUT2D eigenvalue weighted by Gasteiger charge is 2.30. The summed E-state index contributed by atoms with van der Waals surface area (Å²) in [5.41, 5.74) is 1.06. The maximum atomic E-state index is 13.0. The second kappa shape index (κ2) is 8.56. The number of carbonyl (C=O) groups excluding carboxylic acids is 1. The number of halogens is 1. The highest BCUT2D eigenvalue weighted by atomic mass is 32.2. The lowest BCUT2D eigenvalue weighted by molar-refractivity contribution is 0.157. The van der Waals surface area contributed by atoms with Gasteiger partial charge in [0, 0.05) is 32.2 Å². The molecular weight excluding hydrogens is 369 g/mol. The average Bonchev–Trinajstić information content (AvgIpc) is 2.63. The van der Waals surface area contributed by atoms with Crippen molar-refractivity contribution >= 4 is 15.9 Å². The molecule has 2 aliphatic rings. The third-order valence-corrected chi connectivity index (χ3v) is 7.26. The molecule has 27 heavy (non-hydrogen) atoms. The minimum absolute atomic E-state index is 0.0209. The second-order valence-electron chi connectivity index (χ2n) is 7.64. The number of rotatable bonds is 4. The summed E-state index contributed by atoms with van der Waals surface area (Å²) in [6.07, 6.45) is 2.94. The highest BCUT2D eigenvalue weighted by molar-refractivity contribution is 7.91. The number of hydrogen-bond donors (Lipinski definition) is 1. The lowest BCUT2D eigenvalue weighted by Gasteiger charge is -2.36. The molecule has 0 bridgehead atoms. The van der Waals surface area contributed by atoms with Gasteiger partial charge in [0.15, 0.2) is 0 Å². The number of sulfone groups is 1. The number of hydrogen-bond acceptors (Lipinski definition) is 4. The summed E-state index contributed by atoms with van der Waals surface area (Å²) < 4.78 is 36.2. The number of likely N-dealkylation sites (tertiary alicyclic amines) is 1. The van der Waals surface area contributed by atoms with Crippen molar-refractivity contribution in [1.29, 1.82) is 0 Å². The summed E-state index contributed by atoms with van der Waals surface area (Å²) in [4.78, 5) is 16.5. The van der Waals surface area contributed by atoms with Gasteiger partial charge in [-0.25, -0.2) is 17.6 Å². The van der Waals surface area contributed by atoms with Crippen LogP contribution in [0.4, 0.5) is 9.18 Å². The number of carbonyl (C=O) groups is 1. The number of urea groups is 1. The van der Waals surface area contributed by atoms with Crippen LogP contribution in [-0.4, -0.2) is 68.0 Å². The van der Waals surface area contributed by atoms with Crippen molar-refractivity contribution in [3.05, 3.63) is 35.6 Å². The summed E-state index contributed by atoms with van der Waals surface area (Å²) in [7, 11) is -1.18. The van der Waals surface area contributed by atoms with Gasteiger partial charge in [-0.15, -0.1) is 0 Å². The smallest absolute Gasteiger partial charge is 0.317 e. The third-order valence-electron chi connectivity index (χ3n) is 5.54. The van der Waals surface area contributed by atoms with E-state index in [0.29, 0.717) is 12.8 Å². The highest BCUT2D eigenvalue weighted by Crippen LogP contribution is 2.18. The Morgan fingerprint density at radius 2 is 1.89 bits per heavy atom. The van der Waals surface area contributed by atoms with Crippen LogP contribution in [0.5, 0.6) is 0 Å². The first-order valence-corrected chi connectivity index (χ1v) is 11.3. The van der Waals surface area contributed by atoms with Crippen LogP contribution in [0.2, 0.25) is 0 Å². The molecule has 1 N–H and O–H groups in total. The molecular formula is C19H28FN3O3S. The quantitative estimate of drug-likeness (QED) is 0.844. The Balaban J connectivity index is 1.49. The van der Waals surface area contributed by atoms with Gasteiger partial charge in [0.1, 0.15) is 15.7 Å². The normalized spacial score (nSPS) is 23.7. The molecule has 2 heterocycles. The van der Waals surface area contributed by atoms with Crippen molar-refractivity contribution < 1.29 is 17.6 Å². The molecule has 0 aliphatic carbocycles. The van der Waals surface area contributed by atoms with Gasteiger partial charge in [-0.3, -0.25) is 4.90 Å². The number of piperidine rings is 1. The molecule has 0 unspecified atom stereocenters. The average molecular weight is 398 g/mol. The number of benzene rings is 1. The monoisotopic (exact) mass is 397 g/mol. The predicted molar refractivity (Wildman–Crippen MR) is 103 cm³/mol. The van der Waals surface area contributed by atoms with Gasteiger partial charge >= 0.3 is 6.03 Å². The van der Waals surface area contributed by atoms with Crippen LogP contribution >= 0.6 is 0 Å². The largest absolute Gasteiger partial charge is 0.334 e. The van der Waals surface area contributed by atoms with Crippen LogP contribution in [0, 0.1) is 5.82 Å². The maximum Gasteiger partial charge on any atom is 0.317 e. The van der Waals surface area contributed by atoms with Gasteiger partial charge in [-0.1, -0.05) is 12.1 Å². The summed E-state index contributed by atoms with van der Waals surface area (Å²) >= 11 is 0. The second-order valence-corrected chi connectivity index (χ2v) is 9.95. The summed E-state index contributed by atoms with van der Waals surface area (Å²) in [5.74, 6) is 0.0787. The van der Waals surface area contributed by atoms with Gasteiger partial charge in [0.25, 0.3) is 0 Å². The van der Waals surface area contributed by atoms with Gasteiger partial charge in [-0.05, 0) is 49.9 Å². The zero-order chi connectivity index (χ0) is 19.4. The van der Waals surface area contributed by atoms with Crippen molar-refractivity contribution in [2.75, 3.05) is 31.6 Å². The van der Waals surface area contributed by atoms with Crippen LogP contribution < -0.4 is 5.32 Å². The van der Waals surface area contributed by atoms with Crippen LogP contribution in [0.25, 0.3) is 0 Å². The van der Waals surface area contributed by atoms with E-state index < -0.39 is 9.84 Å². The van der Waals surface area contributed by atoms with E-state index >= 15 is 0 Å². The van der Waals surface area contributed by atoms with Crippen LogP contribution in [0.15, 0.2) is 24.3 Å². The van der Waals surface area contributed by atoms with E-state index in [0.717, 1.165) is 38.0 Å². The fourth-order valence-electron chi connectivity index (χ4n) is 3.87. The fraction of sp³-hybridized carbons (Fsp3) is 0.632. The van der Waals surface area contributed by atoms with E-state index in [1.807, 2.05) is 0 Å². The Morgan fingerprint density at radius 1 is 1.22 bits per heavy atom. The summed E-state index contributed by atoms with van der Waals surface area (Å²) in [5, 5.41) is 3.10. The van der Waals surface area contributed by atoms with Crippen molar-refractivity contribution in [2.24, 2.45) is 0 Å². The van der Waals surface area contributed by atoms with E-state index in [1.54, 1.807) is 24.1 Å². The zero-order valence-electron chi connectivity index (χ0n) is 15.7. The number of nitrogens with zero attached hydrogens (tertiary/aromatic N) is 2. The van der Waals surface area contributed by atoms with Crippen molar-refractivity contribution in [3.63, 3.8) is 0 Å². The molecule has 1 aromatic rings. The molecule has 0 spiro atoms. The Hall–Kier alpha value is -1.67. The van der Waals surface area contributed by atoms with E-state index in [2.05, 4.69) is 10.2 Å². The standard InChI is InChI=1S/C19H28FN3O3S/c1-22(18-8-11-27(25,26)12-9-18)19(24)21-17-3-2-10-23(14-17)13-15-4-6-16(20)7-5-15/h4-7,17-18H,2-3,8-14H2,1H3,(H,21,24)/t17-/m1/s1. The Bertz CT molecular complexity index is 740. The predicted octanol–water partition coefficient (Wildman–Crippen LogP) is 2.01. The van der Waals surface area contributed by atoms with Crippen LogP contribution in [0.3, 0.4) is 0 Å². The van der Waals surface area contributed by atoms with E-state index in [1.165, 1.54) is 12.1 Å². The molecule has 3 rings (SSSR count). The Morgan fingerprint density at radius 3 is 2.56 bits per heavy atom.